The Hall–Kier alpha value is -2.73. The van der Waals surface area contributed by atoms with Gasteiger partial charge in [-0.05, 0) is 37.8 Å². The number of ether oxygens (including phenoxy) is 1. The molecule has 2 rings (SSSR count). The molecule has 0 aromatic rings. The van der Waals surface area contributed by atoms with Crippen LogP contribution >= 0.6 is 21.6 Å². The van der Waals surface area contributed by atoms with Gasteiger partial charge >= 0.3 is 5.97 Å². The Morgan fingerprint density at radius 3 is 2.47 bits per heavy atom. The number of allylic oxidation sites excluding steroid dienone is 2. The summed E-state index contributed by atoms with van der Waals surface area (Å²) in [7, 11) is 2.92. The Labute approximate surface area is 219 Å². The monoisotopic (exact) mass is 538 g/mol. The summed E-state index contributed by atoms with van der Waals surface area (Å²) >= 11 is 0. The molecule has 0 aliphatic carbocycles. The van der Waals surface area contributed by atoms with Crippen LogP contribution in [0, 0.1) is 5.92 Å². The Kier molecular flexibility index (Phi) is 11.6. The first-order valence-corrected chi connectivity index (χ1v) is 14.2. The molecule has 4 amide bonds. The van der Waals surface area contributed by atoms with Gasteiger partial charge < -0.3 is 26.0 Å². The van der Waals surface area contributed by atoms with Crippen LogP contribution in [0.15, 0.2) is 36.1 Å². The normalized spacial score (nSPS) is 29.4. The van der Waals surface area contributed by atoms with E-state index in [1.807, 2.05) is 6.08 Å². The molecule has 1 fully saturated rings. The van der Waals surface area contributed by atoms with Gasteiger partial charge in [0.2, 0.25) is 17.7 Å². The summed E-state index contributed by atoms with van der Waals surface area (Å²) < 4.78 is 5.59. The third-order valence-electron chi connectivity index (χ3n) is 5.38. The van der Waals surface area contributed by atoms with Crippen LogP contribution in [0.1, 0.15) is 40.5 Å². The van der Waals surface area contributed by atoms with Crippen molar-refractivity contribution >= 4 is 51.2 Å². The summed E-state index contributed by atoms with van der Waals surface area (Å²) in [5, 5.41) is 10.5. The largest absolute Gasteiger partial charge is 0.456 e. The van der Waals surface area contributed by atoms with Crippen LogP contribution in [-0.2, 0) is 28.7 Å². The highest BCUT2D eigenvalue weighted by Gasteiger charge is 2.33. The number of amides is 4. The van der Waals surface area contributed by atoms with Crippen molar-refractivity contribution < 1.29 is 28.7 Å². The molecule has 2 heterocycles. The molecule has 4 atom stereocenters. The zero-order valence-corrected chi connectivity index (χ0v) is 22.6. The molecule has 1 saturated heterocycles. The summed E-state index contributed by atoms with van der Waals surface area (Å²) in [5.41, 5.74) is 0.233. The summed E-state index contributed by atoms with van der Waals surface area (Å²) in [4.78, 5) is 65.0. The van der Waals surface area contributed by atoms with Gasteiger partial charge in [0.1, 0.15) is 29.9 Å². The molecule has 2 bridgehead atoms. The second kappa shape index (κ2) is 14.1. The van der Waals surface area contributed by atoms with Gasteiger partial charge in [0, 0.05) is 11.5 Å². The first kappa shape index (κ1) is 29.5. The highest BCUT2D eigenvalue weighted by molar-refractivity contribution is 8.76. The van der Waals surface area contributed by atoms with E-state index >= 15 is 0 Å². The lowest BCUT2D eigenvalue weighted by atomic mass is 10.0. The lowest BCUT2D eigenvalue weighted by Gasteiger charge is -2.27. The molecule has 4 N–H and O–H groups in total. The molecule has 0 saturated carbocycles. The van der Waals surface area contributed by atoms with E-state index in [2.05, 4.69) is 27.8 Å². The third-order valence-corrected chi connectivity index (χ3v) is 7.83. The van der Waals surface area contributed by atoms with E-state index in [4.69, 9.17) is 4.74 Å². The predicted molar refractivity (Wildman–Crippen MR) is 141 cm³/mol. The van der Waals surface area contributed by atoms with Gasteiger partial charge in [-0.15, -0.1) is 0 Å². The predicted octanol–water partition coefficient (Wildman–Crippen LogP) is 1.35. The Morgan fingerprint density at radius 1 is 1.11 bits per heavy atom. The fourth-order valence-corrected chi connectivity index (χ4v) is 5.53. The molecule has 0 spiro atoms. The van der Waals surface area contributed by atoms with E-state index < -0.39 is 53.8 Å². The number of rotatable bonds is 2. The number of nitrogens with one attached hydrogen (secondary N) is 4. The van der Waals surface area contributed by atoms with Crippen LogP contribution in [0.3, 0.4) is 0 Å². The summed E-state index contributed by atoms with van der Waals surface area (Å²) in [6.07, 6.45) is 4.34. The van der Waals surface area contributed by atoms with E-state index in [9.17, 15) is 24.0 Å². The Balaban J connectivity index is 2.56. The van der Waals surface area contributed by atoms with Crippen molar-refractivity contribution in [1.82, 2.24) is 21.3 Å². The summed E-state index contributed by atoms with van der Waals surface area (Å²) in [6, 6.07) is -3.09. The Bertz CT molecular complexity index is 949. The maximum absolute atomic E-state index is 13.1. The lowest BCUT2D eigenvalue weighted by Crippen LogP contribution is -2.57. The highest BCUT2D eigenvalue weighted by Crippen LogP contribution is 2.24. The minimum absolute atomic E-state index is 0.0856. The molecule has 2 aliphatic rings. The van der Waals surface area contributed by atoms with E-state index in [-0.39, 0.29) is 23.8 Å². The number of carbonyl (C=O) groups excluding carboxylic acids is 5. The second-order valence-corrected chi connectivity index (χ2v) is 11.4. The summed E-state index contributed by atoms with van der Waals surface area (Å²) in [6.45, 7) is 10.4. The van der Waals surface area contributed by atoms with Gasteiger partial charge in [0.25, 0.3) is 5.91 Å². The standard InChI is InChI=1S/C24H34N4O6S2/c1-6-16-21(30)28-20(14(4)5)24(33)34-15-9-7-8-10-35-36-12-17(22(31)25-16)26-23(32)19(13(2)3)27-18(29)11-15/h6-7,9,13,15,17,19-20H,4,8,10-12H2,1-3,5H3,(H,25,31)(H,26,32)(H,27,29)(H,28,30)/b9-7+,16-6+/t15?,17-,19-,20+/m1/s1. The van der Waals surface area contributed by atoms with Crippen LogP contribution in [0.4, 0.5) is 0 Å². The maximum atomic E-state index is 13.1. The van der Waals surface area contributed by atoms with Crippen molar-refractivity contribution in [1.29, 1.82) is 0 Å². The molecule has 1 unspecified atom stereocenters. The average Bonchev–Trinajstić information content (AvgIpc) is 2.81. The van der Waals surface area contributed by atoms with Gasteiger partial charge in [-0.25, -0.2) is 4.79 Å². The van der Waals surface area contributed by atoms with Crippen LogP contribution in [-0.4, -0.2) is 65.3 Å². The molecule has 198 valence electrons. The van der Waals surface area contributed by atoms with Gasteiger partial charge in [-0.3, -0.25) is 19.2 Å². The average molecular weight is 539 g/mol. The number of hydrogen-bond acceptors (Lipinski definition) is 8. The molecule has 12 heteroatoms. The minimum atomic E-state index is -1.20. The topological polar surface area (TPSA) is 143 Å². The van der Waals surface area contributed by atoms with Crippen molar-refractivity contribution in [3.63, 3.8) is 0 Å². The quantitative estimate of drug-likeness (QED) is 0.179. The number of fused-ring (bicyclic) bond motifs is 7. The molecule has 0 aromatic carbocycles. The van der Waals surface area contributed by atoms with Gasteiger partial charge in [-0.2, -0.15) is 0 Å². The van der Waals surface area contributed by atoms with Crippen LogP contribution in [0.2, 0.25) is 0 Å². The zero-order chi connectivity index (χ0) is 26.8. The van der Waals surface area contributed by atoms with Crippen molar-refractivity contribution in [2.24, 2.45) is 5.92 Å². The number of esters is 1. The van der Waals surface area contributed by atoms with E-state index in [1.165, 1.54) is 27.7 Å². The van der Waals surface area contributed by atoms with Crippen LogP contribution < -0.4 is 21.3 Å². The minimum Gasteiger partial charge on any atom is -0.456 e. The number of hydrogen-bond donors (Lipinski definition) is 4. The molecule has 0 aromatic heterocycles. The second-order valence-electron chi connectivity index (χ2n) is 8.80. The van der Waals surface area contributed by atoms with Gasteiger partial charge in [0.05, 0.1) is 6.42 Å². The van der Waals surface area contributed by atoms with E-state index in [1.54, 1.807) is 33.8 Å². The third kappa shape index (κ3) is 8.74. The van der Waals surface area contributed by atoms with Crippen LogP contribution in [0.5, 0.6) is 0 Å². The molecular weight excluding hydrogens is 504 g/mol. The molecular formula is C24H34N4O6S2. The first-order valence-electron chi connectivity index (χ1n) is 11.7. The van der Waals surface area contributed by atoms with E-state index in [0.717, 1.165) is 0 Å². The van der Waals surface area contributed by atoms with Crippen molar-refractivity contribution in [3.8, 4) is 0 Å². The van der Waals surface area contributed by atoms with Crippen molar-refractivity contribution in [3.05, 3.63) is 36.1 Å². The Morgan fingerprint density at radius 2 is 1.83 bits per heavy atom. The van der Waals surface area contributed by atoms with Crippen molar-refractivity contribution in [2.75, 3.05) is 11.5 Å². The fourth-order valence-electron chi connectivity index (χ4n) is 3.37. The fraction of sp³-hybridized carbons (Fsp3) is 0.542. The zero-order valence-electron chi connectivity index (χ0n) is 20.9. The molecule has 0 radical (unpaired) electrons. The molecule has 2 aliphatic heterocycles. The molecule has 10 nitrogen and oxygen atoms in total. The van der Waals surface area contributed by atoms with E-state index in [0.29, 0.717) is 17.7 Å². The lowest BCUT2D eigenvalue weighted by molar-refractivity contribution is -0.150. The van der Waals surface area contributed by atoms with Crippen molar-refractivity contribution in [2.45, 2.75) is 64.8 Å². The SMILES string of the molecule is C=C(C)[C@@H]1NC(=O)/C(=C\C)NC(=O)[C@H]2CSSCC/C=C/C(CC(=O)N[C@H](C(C)C)C(=O)N2)OC1=O. The van der Waals surface area contributed by atoms with Gasteiger partial charge in [-0.1, -0.05) is 54.2 Å². The summed E-state index contributed by atoms with van der Waals surface area (Å²) in [5.74, 6) is -2.48. The van der Waals surface area contributed by atoms with Gasteiger partial charge in [0.15, 0.2) is 0 Å². The first-order chi connectivity index (χ1) is 17.0. The highest BCUT2D eigenvalue weighted by atomic mass is 33.1. The smallest absolute Gasteiger partial charge is 0.333 e. The van der Waals surface area contributed by atoms with Crippen LogP contribution in [0.25, 0.3) is 0 Å². The number of carbonyl (C=O) groups is 5. The maximum Gasteiger partial charge on any atom is 0.333 e. The molecule has 36 heavy (non-hydrogen) atoms.